The van der Waals surface area contributed by atoms with Gasteiger partial charge < -0.3 is 0 Å². The smallest absolute Gasteiger partial charge is 0.262 e. The molecule has 6 nitrogen and oxygen atoms in total. The van der Waals surface area contributed by atoms with Crippen molar-refractivity contribution in [1.29, 1.82) is 0 Å². The van der Waals surface area contributed by atoms with Crippen molar-refractivity contribution in [3.8, 4) is 0 Å². The van der Waals surface area contributed by atoms with Crippen molar-refractivity contribution < 1.29 is 4.79 Å². The largest absolute Gasteiger partial charge is 0.283 e. The number of carbonyl (C=O) groups excluding carboxylic acids is 1. The van der Waals surface area contributed by atoms with E-state index in [1.807, 2.05) is 44.4 Å². The lowest BCUT2D eigenvalue weighted by molar-refractivity contribution is -0.115. The molecule has 0 unspecified atom stereocenters. The molecule has 4 aromatic rings. The summed E-state index contributed by atoms with van der Waals surface area (Å²) in [6.45, 7) is 11.8. The Labute approximate surface area is 207 Å². The number of allylic oxidation sites excluding steroid dienone is 1. The van der Waals surface area contributed by atoms with E-state index in [1.54, 1.807) is 28.5 Å². The van der Waals surface area contributed by atoms with E-state index in [0.29, 0.717) is 33.5 Å². The van der Waals surface area contributed by atoms with Crippen LogP contribution in [0.2, 0.25) is 0 Å². The lowest BCUT2D eigenvalue weighted by Crippen LogP contribution is -2.24. The van der Waals surface area contributed by atoms with E-state index in [9.17, 15) is 9.59 Å². The molecule has 0 N–H and O–H groups in total. The van der Waals surface area contributed by atoms with Crippen LogP contribution >= 0.6 is 23.1 Å². The van der Waals surface area contributed by atoms with Crippen LogP contribution in [0.5, 0.6) is 0 Å². The number of amides is 1. The maximum Gasteiger partial charge on any atom is 0.262 e. The predicted molar refractivity (Wildman–Crippen MR) is 141 cm³/mol. The Morgan fingerprint density at radius 3 is 2.56 bits per heavy atom. The Hall–Kier alpha value is -3.23. The van der Waals surface area contributed by atoms with E-state index < -0.39 is 0 Å². The van der Waals surface area contributed by atoms with Crippen LogP contribution in [0.25, 0.3) is 10.9 Å². The normalized spacial score (nSPS) is 11.1. The Kier molecular flexibility index (Phi) is 7.00. The summed E-state index contributed by atoms with van der Waals surface area (Å²) in [5.41, 5.74) is 5.52. The zero-order chi connectivity index (χ0) is 24.4. The predicted octanol–water partition coefficient (Wildman–Crippen LogP) is 5.94. The third kappa shape index (κ3) is 4.69. The van der Waals surface area contributed by atoms with Crippen LogP contribution in [0.3, 0.4) is 0 Å². The summed E-state index contributed by atoms with van der Waals surface area (Å²) in [6, 6.07) is 11.5. The number of anilines is 2. The van der Waals surface area contributed by atoms with Gasteiger partial charge in [0.15, 0.2) is 10.3 Å². The maximum absolute atomic E-state index is 13.0. The van der Waals surface area contributed by atoms with E-state index in [2.05, 4.69) is 18.7 Å². The van der Waals surface area contributed by atoms with Crippen LogP contribution in [-0.2, 0) is 17.1 Å². The van der Waals surface area contributed by atoms with Gasteiger partial charge in [-0.15, -0.1) is 17.9 Å². The Balaban J connectivity index is 1.64. The van der Waals surface area contributed by atoms with Gasteiger partial charge in [0.25, 0.3) is 5.56 Å². The van der Waals surface area contributed by atoms with Crippen molar-refractivity contribution in [2.24, 2.45) is 0 Å². The van der Waals surface area contributed by atoms with E-state index in [1.165, 1.54) is 23.1 Å². The first-order valence-corrected chi connectivity index (χ1v) is 12.7. The van der Waals surface area contributed by atoms with E-state index in [4.69, 9.17) is 9.97 Å². The van der Waals surface area contributed by atoms with Gasteiger partial charge in [-0.1, -0.05) is 47.7 Å². The number of nitrogens with zero attached hydrogens (tertiary/aromatic N) is 4. The molecule has 0 atom stereocenters. The fraction of sp³-hybridized carbons (Fsp3) is 0.231. The Bertz CT molecular complexity index is 1430. The van der Waals surface area contributed by atoms with Gasteiger partial charge in [0.05, 0.1) is 22.3 Å². The van der Waals surface area contributed by atoms with Crippen molar-refractivity contribution in [3.63, 3.8) is 0 Å². The number of fused-ring (bicyclic) bond motifs is 1. The molecule has 0 fully saturated rings. The number of para-hydroxylation sites is 1. The van der Waals surface area contributed by atoms with Gasteiger partial charge in [0, 0.05) is 24.6 Å². The van der Waals surface area contributed by atoms with Gasteiger partial charge in [0.2, 0.25) is 5.91 Å². The molecule has 2 aromatic heterocycles. The molecule has 0 aliphatic heterocycles. The molecule has 2 heterocycles. The molecule has 0 radical (unpaired) electrons. The summed E-state index contributed by atoms with van der Waals surface area (Å²) in [5, 5.41) is 3.79. The Morgan fingerprint density at radius 1 is 1.18 bits per heavy atom. The first kappa shape index (κ1) is 23.9. The van der Waals surface area contributed by atoms with Gasteiger partial charge >= 0.3 is 0 Å². The number of thioether (sulfide) groups is 1. The lowest BCUT2D eigenvalue weighted by atomic mass is 10.0. The van der Waals surface area contributed by atoms with E-state index in [0.717, 1.165) is 28.1 Å². The number of benzene rings is 2. The second-order valence-corrected chi connectivity index (χ2v) is 9.91. The zero-order valence-electron chi connectivity index (χ0n) is 19.7. The number of hydrogen-bond acceptors (Lipinski definition) is 6. The van der Waals surface area contributed by atoms with Gasteiger partial charge in [-0.25, -0.2) is 9.97 Å². The van der Waals surface area contributed by atoms with Crippen LogP contribution < -0.4 is 10.5 Å². The SMILES string of the molecule is C=CCn1c(SCc2csc(N(C(C)=O)c3c(C)cc(C)cc3C)n2)nc2ccccc2c1=O. The quantitative estimate of drug-likeness (QED) is 0.182. The molecule has 0 saturated heterocycles. The summed E-state index contributed by atoms with van der Waals surface area (Å²) in [6.07, 6.45) is 1.69. The standard InChI is InChI=1S/C26H26N4O2S2/c1-6-11-29-24(32)21-9-7-8-10-22(21)28-25(29)33-14-20-15-34-26(27-20)30(19(5)31)23-17(3)12-16(2)13-18(23)4/h6-10,12-13,15H,1,11,14H2,2-5H3. The molecule has 8 heteroatoms. The number of thiazole rings is 1. The average molecular weight is 491 g/mol. The summed E-state index contributed by atoms with van der Waals surface area (Å²) >= 11 is 2.88. The highest BCUT2D eigenvalue weighted by Gasteiger charge is 2.22. The molecule has 0 aliphatic rings. The first-order chi connectivity index (χ1) is 16.3. The molecule has 0 bridgehead atoms. The van der Waals surface area contributed by atoms with Crippen molar-refractivity contribution in [2.45, 2.75) is 45.1 Å². The van der Waals surface area contributed by atoms with Gasteiger partial charge in [-0.2, -0.15) is 0 Å². The third-order valence-corrected chi connectivity index (χ3v) is 7.28. The third-order valence-electron chi connectivity index (χ3n) is 5.39. The van der Waals surface area contributed by atoms with Crippen LogP contribution in [0, 0.1) is 20.8 Å². The molecule has 0 saturated carbocycles. The molecule has 174 valence electrons. The van der Waals surface area contributed by atoms with Crippen molar-refractivity contribution in [3.05, 3.63) is 87.2 Å². The number of rotatable bonds is 7. The summed E-state index contributed by atoms with van der Waals surface area (Å²) in [7, 11) is 0. The molecular formula is C26H26N4O2S2. The molecular weight excluding hydrogens is 464 g/mol. The topological polar surface area (TPSA) is 68.1 Å². The van der Waals surface area contributed by atoms with Crippen LogP contribution in [0.1, 0.15) is 29.3 Å². The summed E-state index contributed by atoms with van der Waals surface area (Å²) < 4.78 is 1.63. The molecule has 1 amide bonds. The molecule has 4 rings (SSSR count). The minimum Gasteiger partial charge on any atom is -0.283 e. The van der Waals surface area contributed by atoms with Gasteiger partial charge in [0.1, 0.15) is 0 Å². The fourth-order valence-electron chi connectivity index (χ4n) is 4.06. The lowest BCUT2D eigenvalue weighted by Gasteiger charge is -2.23. The molecule has 2 aromatic carbocycles. The first-order valence-electron chi connectivity index (χ1n) is 10.9. The zero-order valence-corrected chi connectivity index (χ0v) is 21.3. The van der Waals surface area contributed by atoms with E-state index in [-0.39, 0.29) is 11.5 Å². The minimum atomic E-state index is -0.0837. The summed E-state index contributed by atoms with van der Waals surface area (Å²) in [5.74, 6) is 0.440. The van der Waals surface area contributed by atoms with Gasteiger partial charge in [-0.3, -0.25) is 19.1 Å². The highest BCUT2D eigenvalue weighted by atomic mass is 32.2. The highest BCUT2D eigenvalue weighted by molar-refractivity contribution is 7.98. The maximum atomic E-state index is 13.0. The van der Waals surface area contributed by atoms with E-state index >= 15 is 0 Å². The number of carbonyl (C=O) groups is 1. The minimum absolute atomic E-state index is 0.0833. The second-order valence-electron chi connectivity index (χ2n) is 8.13. The Morgan fingerprint density at radius 2 is 1.88 bits per heavy atom. The summed E-state index contributed by atoms with van der Waals surface area (Å²) in [4.78, 5) is 36.7. The molecule has 0 spiro atoms. The van der Waals surface area contributed by atoms with Gasteiger partial charge in [-0.05, 0) is 44.0 Å². The molecule has 34 heavy (non-hydrogen) atoms. The van der Waals surface area contributed by atoms with Crippen LogP contribution in [-0.4, -0.2) is 20.4 Å². The average Bonchev–Trinajstić information content (AvgIpc) is 3.25. The van der Waals surface area contributed by atoms with Crippen LogP contribution in [0.15, 0.2) is 64.4 Å². The second kappa shape index (κ2) is 9.95. The van der Waals surface area contributed by atoms with Crippen LogP contribution in [0.4, 0.5) is 10.8 Å². The van der Waals surface area contributed by atoms with Crippen molar-refractivity contribution >= 4 is 50.7 Å². The number of aryl methyl sites for hydroxylation is 3. The number of aromatic nitrogens is 3. The number of hydrogen-bond donors (Lipinski definition) is 0. The highest BCUT2D eigenvalue weighted by Crippen LogP contribution is 2.35. The monoisotopic (exact) mass is 490 g/mol. The van der Waals surface area contributed by atoms with Crippen molar-refractivity contribution in [2.75, 3.05) is 4.90 Å². The fourth-order valence-corrected chi connectivity index (χ4v) is 5.94. The molecule has 0 aliphatic carbocycles. The van der Waals surface area contributed by atoms with Crippen molar-refractivity contribution in [1.82, 2.24) is 14.5 Å².